The first-order valence-corrected chi connectivity index (χ1v) is 9.80. The molecule has 0 N–H and O–H groups in total. The summed E-state index contributed by atoms with van der Waals surface area (Å²) in [6.07, 6.45) is 0.720. The van der Waals surface area contributed by atoms with E-state index < -0.39 is 10.0 Å². The zero-order chi connectivity index (χ0) is 16.9. The molecule has 1 aliphatic rings. The van der Waals surface area contributed by atoms with E-state index >= 15 is 0 Å². The van der Waals surface area contributed by atoms with Gasteiger partial charge >= 0.3 is 0 Å². The third kappa shape index (κ3) is 2.33. The molecule has 0 bridgehead atoms. The molecule has 1 aliphatic heterocycles. The van der Waals surface area contributed by atoms with E-state index in [1.165, 1.54) is 15.6 Å². The van der Waals surface area contributed by atoms with E-state index in [9.17, 15) is 8.42 Å². The maximum atomic E-state index is 13.1. The van der Waals surface area contributed by atoms with Gasteiger partial charge in [0.1, 0.15) is 4.21 Å². The van der Waals surface area contributed by atoms with Crippen molar-refractivity contribution in [1.82, 2.24) is 10.1 Å². The lowest BCUT2D eigenvalue weighted by Gasteiger charge is -2.23. The predicted octanol–water partition coefficient (Wildman–Crippen LogP) is 3.25. The Bertz CT molecular complexity index is 1010. The monoisotopic (exact) mass is 361 g/mol. The topological polar surface area (TPSA) is 76.3 Å². The molecule has 6 nitrogen and oxygen atoms in total. The summed E-state index contributed by atoms with van der Waals surface area (Å²) in [5.41, 5.74) is 2.46. The van der Waals surface area contributed by atoms with Gasteiger partial charge in [0, 0.05) is 23.9 Å². The number of sulfonamides is 1. The molecule has 0 saturated carbocycles. The highest BCUT2D eigenvalue weighted by atomic mass is 32.2. The number of aromatic nitrogens is 2. The van der Waals surface area contributed by atoms with E-state index in [0.29, 0.717) is 17.3 Å². The number of para-hydroxylation sites is 1. The van der Waals surface area contributed by atoms with Crippen molar-refractivity contribution in [2.24, 2.45) is 0 Å². The molecular weight excluding hydrogens is 346 g/mol. The van der Waals surface area contributed by atoms with Crippen LogP contribution in [0, 0.1) is 6.92 Å². The first-order valence-electron chi connectivity index (χ1n) is 7.48. The summed E-state index contributed by atoms with van der Waals surface area (Å²) in [6.45, 7) is 3.62. The second-order valence-electron chi connectivity index (χ2n) is 5.77. The molecule has 1 atom stereocenters. The first-order chi connectivity index (χ1) is 11.5. The Hall–Kier alpha value is -2.19. The Kier molecular flexibility index (Phi) is 3.47. The number of fused-ring (bicyclic) bond motifs is 1. The van der Waals surface area contributed by atoms with Crippen LogP contribution in [-0.4, -0.2) is 24.6 Å². The van der Waals surface area contributed by atoms with Crippen LogP contribution >= 0.6 is 11.3 Å². The van der Waals surface area contributed by atoms with E-state index in [1.807, 2.05) is 31.2 Å². The molecule has 1 aromatic carbocycles. The Morgan fingerprint density at radius 3 is 2.88 bits per heavy atom. The average molecular weight is 361 g/mol. The van der Waals surface area contributed by atoms with Gasteiger partial charge in [-0.15, -0.1) is 11.3 Å². The van der Waals surface area contributed by atoms with Crippen molar-refractivity contribution in [3.05, 3.63) is 47.2 Å². The fourth-order valence-electron chi connectivity index (χ4n) is 2.99. The molecule has 0 saturated heterocycles. The van der Waals surface area contributed by atoms with E-state index in [-0.39, 0.29) is 10.3 Å². The minimum atomic E-state index is -3.62. The van der Waals surface area contributed by atoms with Crippen LogP contribution in [0.15, 0.2) is 44.4 Å². The van der Waals surface area contributed by atoms with E-state index in [1.54, 1.807) is 18.4 Å². The largest absolute Gasteiger partial charge is 0.339 e. The molecule has 3 heterocycles. The van der Waals surface area contributed by atoms with Gasteiger partial charge in [0.25, 0.3) is 10.0 Å². The zero-order valence-electron chi connectivity index (χ0n) is 13.1. The summed E-state index contributed by atoms with van der Waals surface area (Å²) in [4.78, 5) is 4.15. The summed E-state index contributed by atoms with van der Waals surface area (Å²) in [5, 5.41) is 5.58. The highest BCUT2D eigenvalue weighted by molar-refractivity contribution is 7.94. The third-order valence-electron chi connectivity index (χ3n) is 4.02. The standard InChI is InChI=1S/C16H15N3O3S2/c1-10-7-12-5-3-4-6-14(12)19(10)24(20,21)15-8-13(9-23-15)16-17-11(2)22-18-16/h3-6,8-10H,7H2,1-2H3. The van der Waals surface area contributed by atoms with Gasteiger partial charge in [-0.3, -0.25) is 4.31 Å². The van der Waals surface area contributed by atoms with Crippen LogP contribution < -0.4 is 4.31 Å². The van der Waals surface area contributed by atoms with Crippen LogP contribution in [0.3, 0.4) is 0 Å². The Labute approximate surface area is 143 Å². The zero-order valence-corrected chi connectivity index (χ0v) is 14.8. The Morgan fingerprint density at radius 1 is 1.33 bits per heavy atom. The number of nitrogens with zero attached hydrogens (tertiary/aromatic N) is 3. The quantitative estimate of drug-likeness (QED) is 0.716. The van der Waals surface area contributed by atoms with E-state index in [0.717, 1.165) is 17.7 Å². The summed E-state index contributed by atoms with van der Waals surface area (Å²) < 4.78 is 33.0. The number of aryl methyl sites for hydroxylation is 1. The summed E-state index contributed by atoms with van der Waals surface area (Å²) in [5.74, 6) is 0.850. The summed E-state index contributed by atoms with van der Waals surface area (Å²) in [7, 11) is -3.62. The van der Waals surface area contributed by atoms with Gasteiger partial charge in [-0.1, -0.05) is 23.4 Å². The Balaban J connectivity index is 1.75. The van der Waals surface area contributed by atoms with Crippen LogP contribution in [0.25, 0.3) is 11.4 Å². The molecule has 0 aliphatic carbocycles. The number of benzene rings is 1. The lowest BCUT2D eigenvalue weighted by atomic mass is 10.1. The average Bonchev–Trinajstić information content (AvgIpc) is 3.23. The molecule has 124 valence electrons. The molecule has 0 spiro atoms. The molecule has 2 aromatic heterocycles. The smallest absolute Gasteiger partial charge is 0.274 e. The molecule has 4 rings (SSSR count). The van der Waals surface area contributed by atoms with Crippen molar-refractivity contribution in [3.8, 4) is 11.4 Å². The van der Waals surface area contributed by atoms with E-state index in [4.69, 9.17) is 4.52 Å². The van der Waals surface area contributed by atoms with Crippen LogP contribution in [0.2, 0.25) is 0 Å². The summed E-state index contributed by atoms with van der Waals surface area (Å²) >= 11 is 1.17. The summed E-state index contributed by atoms with van der Waals surface area (Å²) in [6, 6.07) is 9.13. The lowest BCUT2D eigenvalue weighted by molar-refractivity contribution is 0.394. The van der Waals surface area contributed by atoms with Gasteiger partial charge in [0.05, 0.1) is 5.69 Å². The predicted molar refractivity (Wildman–Crippen MR) is 91.6 cm³/mol. The fraction of sp³-hybridized carbons (Fsp3) is 0.250. The van der Waals surface area contributed by atoms with Crippen molar-refractivity contribution in [2.75, 3.05) is 4.31 Å². The van der Waals surface area contributed by atoms with Crippen molar-refractivity contribution < 1.29 is 12.9 Å². The number of thiophene rings is 1. The van der Waals surface area contributed by atoms with Gasteiger partial charge in [-0.25, -0.2) is 8.42 Å². The number of anilines is 1. The van der Waals surface area contributed by atoms with Crippen molar-refractivity contribution in [1.29, 1.82) is 0 Å². The normalized spacial score (nSPS) is 17.2. The van der Waals surface area contributed by atoms with Crippen molar-refractivity contribution in [2.45, 2.75) is 30.5 Å². The van der Waals surface area contributed by atoms with Crippen molar-refractivity contribution >= 4 is 27.0 Å². The van der Waals surface area contributed by atoms with Crippen molar-refractivity contribution in [3.63, 3.8) is 0 Å². The van der Waals surface area contributed by atoms with Gasteiger partial charge in [-0.05, 0) is 31.0 Å². The maximum Gasteiger partial charge on any atom is 0.274 e. The van der Waals surface area contributed by atoms with Crippen LogP contribution in [-0.2, 0) is 16.4 Å². The van der Waals surface area contributed by atoms with Crippen LogP contribution in [0.5, 0.6) is 0 Å². The molecule has 0 fully saturated rings. The highest BCUT2D eigenvalue weighted by Gasteiger charge is 2.36. The highest BCUT2D eigenvalue weighted by Crippen LogP contribution is 2.38. The molecule has 0 amide bonds. The molecule has 0 radical (unpaired) electrons. The van der Waals surface area contributed by atoms with Gasteiger partial charge in [-0.2, -0.15) is 4.98 Å². The number of hydrogen-bond donors (Lipinski definition) is 0. The van der Waals surface area contributed by atoms with Gasteiger partial charge in [0.2, 0.25) is 11.7 Å². The molecule has 24 heavy (non-hydrogen) atoms. The molecule has 8 heteroatoms. The van der Waals surface area contributed by atoms with Crippen LogP contribution in [0.4, 0.5) is 5.69 Å². The number of hydrogen-bond acceptors (Lipinski definition) is 6. The maximum absolute atomic E-state index is 13.1. The lowest BCUT2D eigenvalue weighted by Crippen LogP contribution is -2.35. The fourth-order valence-corrected chi connectivity index (χ4v) is 5.92. The Morgan fingerprint density at radius 2 is 2.12 bits per heavy atom. The van der Waals surface area contributed by atoms with E-state index in [2.05, 4.69) is 10.1 Å². The molecule has 1 unspecified atom stereocenters. The third-order valence-corrected chi connectivity index (χ3v) is 7.36. The molecular formula is C16H15N3O3S2. The molecule has 3 aromatic rings. The number of rotatable bonds is 3. The van der Waals surface area contributed by atoms with Crippen LogP contribution in [0.1, 0.15) is 18.4 Å². The minimum absolute atomic E-state index is 0.106. The second-order valence-corrected chi connectivity index (χ2v) is 8.73. The SMILES string of the molecule is Cc1nc(-c2csc(S(=O)(=O)N3c4ccccc4CC3C)c2)no1. The first kappa shape index (κ1) is 15.3. The van der Waals surface area contributed by atoms with Gasteiger partial charge in [0.15, 0.2) is 0 Å². The van der Waals surface area contributed by atoms with Gasteiger partial charge < -0.3 is 4.52 Å². The second kappa shape index (κ2) is 5.42. The minimum Gasteiger partial charge on any atom is -0.339 e.